The average molecular weight is 290 g/mol. The van der Waals surface area contributed by atoms with Crippen LogP contribution in [0.5, 0.6) is 0 Å². The van der Waals surface area contributed by atoms with E-state index in [-0.39, 0.29) is 17.7 Å². The molecule has 114 valence electrons. The number of nitrogens with zero attached hydrogens (tertiary/aromatic N) is 1. The van der Waals surface area contributed by atoms with E-state index in [0.29, 0.717) is 18.8 Å². The molecule has 0 saturated carbocycles. The number of amides is 2. The van der Waals surface area contributed by atoms with Gasteiger partial charge in [0.1, 0.15) is 5.76 Å². The van der Waals surface area contributed by atoms with Crippen LogP contribution in [-0.4, -0.2) is 36.3 Å². The maximum atomic E-state index is 12.0. The summed E-state index contributed by atoms with van der Waals surface area (Å²) in [4.78, 5) is 25.7. The molecule has 2 amide bonds. The van der Waals surface area contributed by atoms with Crippen molar-refractivity contribution in [2.75, 3.05) is 19.6 Å². The van der Waals surface area contributed by atoms with Gasteiger partial charge >= 0.3 is 0 Å². The standard InChI is InChI=1S/C16H22N2O3/c1-2-9-17-16(20)13-7-10-18(11-8-13)15(19)6-5-14-4-3-12-21-14/h3-6,12-13H,2,7-11H2,1H3,(H,17,20)/b6-5+. The average Bonchev–Trinajstić information content (AvgIpc) is 3.04. The Labute approximate surface area is 125 Å². The Balaban J connectivity index is 1.78. The van der Waals surface area contributed by atoms with E-state index in [2.05, 4.69) is 5.32 Å². The Bertz CT molecular complexity index is 486. The van der Waals surface area contributed by atoms with Gasteiger partial charge < -0.3 is 14.6 Å². The summed E-state index contributed by atoms with van der Waals surface area (Å²) in [5.74, 6) is 0.792. The fourth-order valence-corrected chi connectivity index (χ4v) is 2.40. The van der Waals surface area contributed by atoms with E-state index in [1.54, 1.807) is 29.4 Å². The number of carbonyl (C=O) groups excluding carboxylic acids is 2. The van der Waals surface area contributed by atoms with Crippen LogP contribution in [0.4, 0.5) is 0 Å². The summed E-state index contributed by atoms with van der Waals surface area (Å²) in [6, 6.07) is 3.58. The predicted molar refractivity (Wildman–Crippen MR) is 80.3 cm³/mol. The second-order valence-electron chi connectivity index (χ2n) is 5.24. The molecule has 1 aromatic rings. The third-order valence-corrected chi connectivity index (χ3v) is 3.66. The zero-order chi connectivity index (χ0) is 15.1. The van der Waals surface area contributed by atoms with E-state index in [0.717, 1.165) is 25.8 Å². The summed E-state index contributed by atoms with van der Waals surface area (Å²) >= 11 is 0. The van der Waals surface area contributed by atoms with Crippen molar-refractivity contribution in [3.8, 4) is 0 Å². The number of carbonyl (C=O) groups is 2. The van der Waals surface area contributed by atoms with Gasteiger partial charge in [0.2, 0.25) is 11.8 Å². The van der Waals surface area contributed by atoms with Gasteiger partial charge in [-0.3, -0.25) is 9.59 Å². The topological polar surface area (TPSA) is 62.6 Å². The van der Waals surface area contributed by atoms with Gasteiger partial charge in [-0.1, -0.05) is 6.92 Å². The van der Waals surface area contributed by atoms with Gasteiger partial charge in [-0.25, -0.2) is 0 Å². The third kappa shape index (κ3) is 4.48. The monoisotopic (exact) mass is 290 g/mol. The van der Waals surface area contributed by atoms with Gasteiger partial charge in [0.05, 0.1) is 6.26 Å². The van der Waals surface area contributed by atoms with Crippen LogP contribution in [-0.2, 0) is 9.59 Å². The maximum absolute atomic E-state index is 12.0. The van der Waals surface area contributed by atoms with Crippen molar-refractivity contribution in [2.24, 2.45) is 5.92 Å². The second-order valence-corrected chi connectivity index (χ2v) is 5.24. The molecule has 5 heteroatoms. The number of piperidine rings is 1. The molecule has 2 rings (SSSR count). The first kappa shape index (κ1) is 15.4. The lowest BCUT2D eigenvalue weighted by Crippen LogP contribution is -2.42. The second kappa shape index (κ2) is 7.67. The molecule has 1 aliphatic rings. The van der Waals surface area contributed by atoms with Crippen molar-refractivity contribution in [3.05, 3.63) is 30.2 Å². The van der Waals surface area contributed by atoms with Crippen LogP contribution in [0.1, 0.15) is 31.9 Å². The Morgan fingerprint density at radius 2 is 2.19 bits per heavy atom. The number of furan rings is 1. The first-order valence-corrected chi connectivity index (χ1v) is 7.49. The van der Waals surface area contributed by atoms with Gasteiger partial charge in [-0.2, -0.15) is 0 Å². The molecular formula is C16H22N2O3. The quantitative estimate of drug-likeness (QED) is 0.844. The predicted octanol–water partition coefficient (Wildman–Crippen LogP) is 2.06. The molecule has 0 aliphatic carbocycles. The molecule has 0 spiro atoms. The minimum Gasteiger partial charge on any atom is -0.465 e. The van der Waals surface area contributed by atoms with E-state index in [4.69, 9.17) is 4.42 Å². The zero-order valence-corrected chi connectivity index (χ0v) is 12.4. The molecule has 21 heavy (non-hydrogen) atoms. The minimum atomic E-state index is -0.0289. The molecule has 1 saturated heterocycles. The Hall–Kier alpha value is -2.04. The van der Waals surface area contributed by atoms with Crippen LogP contribution in [0.3, 0.4) is 0 Å². The van der Waals surface area contributed by atoms with Gasteiger partial charge in [-0.05, 0) is 37.5 Å². The SMILES string of the molecule is CCCNC(=O)C1CCN(C(=O)/C=C/c2ccco2)CC1. The van der Waals surface area contributed by atoms with E-state index in [1.165, 1.54) is 6.08 Å². The molecule has 1 aromatic heterocycles. The lowest BCUT2D eigenvalue weighted by molar-refractivity contribution is -0.132. The molecule has 0 unspecified atom stereocenters. The van der Waals surface area contributed by atoms with E-state index < -0.39 is 0 Å². The number of nitrogens with one attached hydrogen (secondary N) is 1. The number of rotatable bonds is 5. The fraction of sp³-hybridized carbons (Fsp3) is 0.500. The number of likely N-dealkylation sites (tertiary alicyclic amines) is 1. The molecule has 0 bridgehead atoms. The highest BCUT2D eigenvalue weighted by atomic mass is 16.3. The molecule has 1 fully saturated rings. The van der Waals surface area contributed by atoms with Crippen molar-refractivity contribution >= 4 is 17.9 Å². The van der Waals surface area contributed by atoms with E-state index >= 15 is 0 Å². The van der Waals surface area contributed by atoms with Crippen LogP contribution >= 0.6 is 0 Å². The van der Waals surface area contributed by atoms with Crippen molar-refractivity contribution in [1.29, 1.82) is 0 Å². The highest BCUT2D eigenvalue weighted by Crippen LogP contribution is 2.18. The first-order valence-electron chi connectivity index (χ1n) is 7.49. The van der Waals surface area contributed by atoms with Crippen molar-refractivity contribution < 1.29 is 14.0 Å². The molecule has 5 nitrogen and oxygen atoms in total. The highest BCUT2D eigenvalue weighted by Gasteiger charge is 2.26. The summed E-state index contributed by atoms with van der Waals surface area (Å²) in [5.41, 5.74) is 0. The summed E-state index contributed by atoms with van der Waals surface area (Å²) in [6.07, 6.45) is 7.18. The van der Waals surface area contributed by atoms with Crippen LogP contribution < -0.4 is 5.32 Å². The fourth-order valence-electron chi connectivity index (χ4n) is 2.40. The van der Waals surface area contributed by atoms with E-state index in [1.807, 2.05) is 6.92 Å². The van der Waals surface area contributed by atoms with Gasteiger partial charge in [-0.15, -0.1) is 0 Å². The first-order chi connectivity index (χ1) is 10.2. The van der Waals surface area contributed by atoms with Crippen molar-refractivity contribution in [3.63, 3.8) is 0 Å². The van der Waals surface area contributed by atoms with E-state index in [9.17, 15) is 9.59 Å². The lowest BCUT2D eigenvalue weighted by atomic mass is 9.96. The van der Waals surface area contributed by atoms with Gasteiger partial charge in [0, 0.05) is 31.6 Å². The largest absolute Gasteiger partial charge is 0.465 e. The Morgan fingerprint density at radius 3 is 2.81 bits per heavy atom. The third-order valence-electron chi connectivity index (χ3n) is 3.66. The summed E-state index contributed by atoms with van der Waals surface area (Å²) in [7, 11) is 0. The summed E-state index contributed by atoms with van der Waals surface area (Å²) in [5, 5.41) is 2.92. The van der Waals surface area contributed by atoms with Crippen molar-refractivity contribution in [1.82, 2.24) is 10.2 Å². The molecule has 1 aliphatic heterocycles. The number of hydrogen-bond acceptors (Lipinski definition) is 3. The van der Waals surface area contributed by atoms with Crippen LogP contribution in [0.2, 0.25) is 0 Å². The van der Waals surface area contributed by atoms with Crippen molar-refractivity contribution in [2.45, 2.75) is 26.2 Å². The molecule has 0 aromatic carbocycles. The van der Waals surface area contributed by atoms with Gasteiger partial charge in [0.15, 0.2) is 0 Å². The molecule has 0 atom stereocenters. The maximum Gasteiger partial charge on any atom is 0.246 e. The lowest BCUT2D eigenvalue weighted by Gasteiger charge is -2.30. The smallest absolute Gasteiger partial charge is 0.246 e. The summed E-state index contributed by atoms with van der Waals surface area (Å²) < 4.78 is 5.15. The number of hydrogen-bond donors (Lipinski definition) is 1. The molecule has 0 radical (unpaired) electrons. The summed E-state index contributed by atoms with van der Waals surface area (Å²) in [6.45, 7) is 4.02. The zero-order valence-electron chi connectivity index (χ0n) is 12.4. The van der Waals surface area contributed by atoms with Crippen LogP contribution in [0.25, 0.3) is 6.08 Å². The Kier molecular flexibility index (Phi) is 5.60. The molecule has 2 heterocycles. The van der Waals surface area contributed by atoms with Gasteiger partial charge in [0.25, 0.3) is 0 Å². The Morgan fingerprint density at radius 1 is 1.43 bits per heavy atom. The minimum absolute atomic E-state index is 0.0289. The van der Waals surface area contributed by atoms with Crippen LogP contribution in [0, 0.1) is 5.92 Å². The molecule has 1 N–H and O–H groups in total. The normalized spacial score (nSPS) is 16.3. The highest BCUT2D eigenvalue weighted by molar-refractivity contribution is 5.91. The molecular weight excluding hydrogens is 268 g/mol. The van der Waals surface area contributed by atoms with Crippen LogP contribution in [0.15, 0.2) is 28.9 Å².